The molecule has 0 bridgehead atoms. The number of amides is 3. The van der Waals surface area contributed by atoms with Crippen molar-refractivity contribution in [2.24, 2.45) is 11.5 Å². The fraction of sp³-hybridized carbons (Fsp3) is 0.400. The molecule has 30 heavy (non-hydrogen) atoms. The molecule has 0 radical (unpaired) electrons. The third-order valence-electron chi connectivity index (χ3n) is 4.15. The summed E-state index contributed by atoms with van der Waals surface area (Å²) in [6.45, 7) is 0.902. The van der Waals surface area contributed by atoms with Crippen molar-refractivity contribution in [1.29, 1.82) is 0 Å². The Morgan fingerprint density at radius 2 is 1.87 bits per heavy atom. The number of nitrogens with one attached hydrogen (secondary N) is 2. The van der Waals surface area contributed by atoms with E-state index in [0.29, 0.717) is 18.0 Å². The first-order chi connectivity index (χ1) is 14.5. The molecule has 9 nitrogen and oxygen atoms in total. The van der Waals surface area contributed by atoms with Crippen molar-refractivity contribution < 1.29 is 19.1 Å². The number of aromatic nitrogens is 1. The van der Waals surface area contributed by atoms with Gasteiger partial charge >= 0.3 is 6.09 Å². The molecule has 2 rings (SSSR count). The molecule has 0 aliphatic rings. The van der Waals surface area contributed by atoms with Gasteiger partial charge in [-0.3, -0.25) is 9.59 Å². The maximum Gasteiger partial charge on any atom is 0.407 e. The number of unbranched alkanes of at least 4 members (excludes halogenated alkanes) is 1. The summed E-state index contributed by atoms with van der Waals surface area (Å²) in [5, 5.41) is 7.61. The zero-order valence-corrected chi connectivity index (χ0v) is 17.5. The number of carbonyl (C=O) groups is 3. The van der Waals surface area contributed by atoms with Crippen molar-refractivity contribution >= 4 is 29.2 Å². The number of hydrogen-bond donors (Lipinski definition) is 4. The lowest BCUT2D eigenvalue weighted by molar-refractivity contribution is -0.117. The van der Waals surface area contributed by atoms with Crippen LogP contribution in [0.3, 0.4) is 0 Å². The Kier molecular flexibility index (Phi) is 9.75. The zero-order valence-electron chi connectivity index (χ0n) is 16.6. The lowest BCUT2D eigenvalue weighted by Gasteiger charge is -2.09. The third kappa shape index (κ3) is 8.58. The summed E-state index contributed by atoms with van der Waals surface area (Å²) in [7, 11) is 0. The van der Waals surface area contributed by atoms with Crippen LogP contribution in [0, 0.1) is 0 Å². The lowest BCUT2D eigenvalue weighted by atomic mass is 10.1. The normalized spacial score (nSPS) is 11.5. The largest absolute Gasteiger partial charge is 0.445 e. The van der Waals surface area contributed by atoms with Crippen LogP contribution in [-0.2, 0) is 16.1 Å². The van der Waals surface area contributed by atoms with E-state index in [2.05, 4.69) is 15.6 Å². The van der Waals surface area contributed by atoms with E-state index in [1.807, 2.05) is 30.3 Å². The average Bonchev–Trinajstić information content (AvgIpc) is 3.23. The number of nitrogens with two attached hydrogens (primary N) is 2. The van der Waals surface area contributed by atoms with Gasteiger partial charge in [0.05, 0.1) is 6.04 Å². The first-order valence-electron chi connectivity index (χ1n) is 9.67. The van der Waals surface area contributed by atoms with Crippen LogP contribution in [-0.4, -0.2) is 36.0 Å². The van der Waals surface area contributed by atoms with Crippen LogP contribution < -0.4 is 22.1 Å². The number of ether oxygens (including phenoxy) is 1. The van der Waals surface area contributed by atoms with E-state index in [4.69, 9.17) is 16.2 Å². The molecule has 6 N–H and O–H groups in total. The number of primary amides is 1. The molecular weight excluding hydrogens is 406 g/mol. The number of nitrogens with zero attached hydrogens (tertiary/aromatic N) is 1. The second kappa shape index (κ2) is 12.6. The van der Waals surface area contributed by atoms with Crippen LogP contribution >= 0.6 is 11.3 Å². The minimum atomic E-state index is -0.477. The summed E-state index contributed by atoms with van der Waals surface area (Å²) in [5.41, 5.74) is 12.4. The Morgan fingerprint density at radius 1 is 1.10 bits per heavy atom. The van der Waals surface area contributed by atoms with Crippen LogP contribution in [0.2, 0.25) is 0 Å². The minimum absolute atomic E-state index is 0.0794. The van der Waals surface area contributed by atoms with Crippen molar-refractivity contribution in [3.63, 3.8) is 0 Å². The number of carbonyl (C=O) groups excluding carboxylic acids is 3. The van der Waals surface area contributed by atoms with Gasteiger partial charge in [0.1, 0.15) is 17.3 Å². The highest BCUT2D eigenvalue weighted by Gasteiger charge is 2.15. The number of thiazole rings is 1. The standard InChI is InChI=1S/C20H27N5O4S/c21-15(19-25-16(13-30-19)18(27)23-11-9-17(22)26)8-4-5-10-24-20(28)29-12-14-6-2-1-3-7-14/h1-3,6-7,13,15H,4-5,8-12,21H2,(H2,22,26)(H,23,27)(H,24,28). The van der Waals surface area contributed by atoms with E-state index in [1.54, 1.807) is 5.38 Å². The van der Waals surface area contributed by atoms with Crippen LogP contribution in [0.15, 0.2) is 35.7 Å². The van der Waals surface area contributed by atoms with E-state index >= 15 is 0 Å². The summed E-state index contributed by atoms with van der Waals surface area (Å²) in [6, 6.07) is 9.19. The van der Waals surface area contributed by atoms with Crippen LogP contribution in [0.1, 0.15) is 52.8 Å². The molecule has 10 heteroatoms. The van der Waals surface area contributed by atoms with E-state index in [1.165, 1.54) is 11.3 Å². The summed E-state index contributed by atoms with van der Waals surface area (Å²) in [6.07, 6.45) is 1.85. The Bertz CT molecular complexity index is 828. The number of benzene rings is 1. The van der Waals surface area contributed by atoms with Gasteiger partial charge in [-0.2, -0.15) is 0 Å². The molecule has 1 unspecified atom stereocenters. The monoisotopic (exact) mass is 433 g/mol. The number of hydrogen-bond acceptors (Lipinski definition) is 7. The van der Waals surface area contributed by atoms with Gasteiger partial charge in [-0.15, -0.1) is 11.3 Å². The molecule has 0 spiro atoms. The smallest absolute Gasteiger partial charge is 0.407 e. The van der Waals surface area contributed by atoms with Gasteiger partial charge in [0.2, 0.25) is 5.91 Å². The molecule has 162 valence electrons. The topological polar surface area (TPSA) is 149 Å². The van der Waals surface area contributed by atoms with Crippen LogP contribution in [0.5, 0.6) is 0 Å². The maximum absolute atomic E-state index is 12.0. The fourth-order valence-corrected chi connectivity index (χ4v) is 3.37. The van der Waals surface area contributed by atoms with Crippen molar-refractivity contribution in [3.05, 3.63) is 52.0 Å². The Balaban J connectivity index is 1.60. The quantitative estimate of drug-likeness (QED) is 0.375. The van der Waals surface area contributed by atoms with Crippen molar-refractivity contribution in [2.45, 2.75) is 38.3 Å². The highest BCUT2D eigenvalue weighted by Crippen LogP contribution is 2.21. The molecule has 0 saturated heterocycles. The van der Waals surface area contributed by atoms with Crippen LogP contribution in [0.25, 0.3) is 0 Å². The summed E-state index contributed by atoms with van der Waals surface area (Å²) in [4.78, 5) is 38.6. The van der Waals surface area contributed by atoms with Gasteiger partial charge in [-0.1, -0.05) is 30.3 Å². The second-order valence-electron chi connectivity index (χ2n) is 6.63. The number of rotatable bonds is 12. The molecule has 0 fully saturated rings. The molecule has 1 aromatic heterocycles. The predicted octanol–water partition coefficient (Wildman–Crippen LogP) is 1.84. The highest BCUT2D eigenvalue weighted by atomic mass is 32.1. The molecule has 2 aromatic rings. The van der Waals surface area contributed by atoms with Gasteiger partial charge in [-0.05, 0) is 24.8 Å². The third-order valence-corrected chi connectivity index (χ3v) is 5.13. The Labute approximate surface area is 179 Å². The second-order valence-corrected chi connectivity index (χ2v) is 7.52. The molecular formula is C20H27N5O4S. The molecule has 0 saturated carbocycles. The Morgan fingerprint density at radius 3 is 2.60 bits per heavy atom. The SMILES string of the molecule is NC(=O)CCNC(=O)c1csc(C(N)CCCCNC(=O)OCc2ccccc2)n1. The Hall–Kier alpha value is -2.98. The first-order valence-corrected chi connectivity index (χ1v) is 10.6. The fourth-order valence-electron chi connectivity index (χ4n) is 2.53. The lowest BCUT2D eigenvalue weighted by Crippen LogP contribution is -2.28. The molecule has 0 aliphatic carbocycles. The zero-order chi connectivity index (χ0) is 21.8. The van der Waals surface area contributed by atoms with E-state index in [-0.39, 0.29) is 37.2 Å². The average molecular weight is 434 g/mol. The summed E-state index contributed by atoms with van der Waals surface area (Å²) in [5.74, 6) is -0.834. The van der Waals surface area contributed by atoms with Gasteiger partial charge in [0.15, 0.2) is 0 Å². The maximum atomic E-state index is 12.0. The number of alkyl carbamates (subject to hydrolysis) is 1. The molecule has 1 atom stereocenters. The summed E-state index contributed by atoms with van der Waals surface area (Å²) < 4.78 is 5.14. The van der Waals surface area contributed by atoms with Gasteiger partial charge in [0, 0.05) is 24.9 Å². The molecule has 1 aromatic carbocycles. The highest BCUT2D eigenvalue weighted by molar-refractivity contribution is 7.09. The van der Waals surface area contributed by atoms with E-state index < -0.39 is 12.0 Å². The van der Waals surface area contributed by atoms with Gasteiger partial charge < -0.3 is 26.8 Å². The minimum Gasteiger partial charge on any atom is -0.445 e. The molecule has 1 heterocycles. The van der Waals surface area contributed by atoms with Crippen LogP contribution in [0.4, 0.5) is 4.79 Å². The van der Waals surface area contributed by atoms with Gasteiger partial charge in [-0.25, -0.2) is 9.78 Å². The van der Waals surface area contributed by atoms with E-state index in [9.17, 15) is 14.4 Å². The van der Waals surface area contributed by atoms with E-state index in [0.717, 1.165) is 18.4 Å². The van der Waals surface area contributed by atoms with Gasteiger partial charge in [0.25, 0.3) is 5.91 Å². The predicted molar refractivity (Wildman–Crippen MR) is 114 cm³/mol. The van der Waals surface area contributed by atoms with Crippen molar-refractivity contribution in [3.8, 4) is 0 Å². The molecule has 3 amide bonds. The van der Waals surface area contributed by atoms with Crippen molar-refractivity contribution in [1.82, 2.24) is 15.6 Å². The molecule has 0 aliphatic heterocycles. The van der Waals surface area contributed by atoms with Crippen molar-refractivity contribution in [2.75, 3.05) is 13.1 Å². The summed E-state index contributed by atoms with van der Waals surface area (Å²) >= 11 is 1.32. The first kappa shape index (κ1) is 23.3.